The molecule has 2 amide bonds. The number of nitrogens with one attached hydrogen (secondary N) is 2. The number of anilines is 1. The van der Waals surface area contributed by atoms with Gasteiger partial charge >= 0.3 is 0 Å². The number of carbonyl (C=O) groups is 2. The van der Waals surface area contributed by atoms with Crippen molar-refractivity contribution < 1.29 is 14.0 Å². The number of terminal acetylenes is 1. The molecule has 1 fully saturated rings. The molecule has 164 valence electrons. The Kier molecular flexibility index (Phi) is 5.16. The van der Waals surface area contributed by atoms with Crippen molar-refractivity contribution in [1.82, 2.24) is 5.32 Å². The first-order valence-corrected chi connectivity index (χ1v) is 11.0. The van der Waals surface area contributed by atoms with Gasteiger partial charge in [-0.1, -0.05) is 47.3 Å². The minimum atomic E-state index is -1.35. The molecule has 0 aliphatic carbocycles. The van der Waals surface area contributed by atoms with E-state index in [4.69, 9.17) is 29.6 Å². The van der Waals surface area contributed by atoms with Crippen molar-refractivity contribution in [3.63, 3.8) is 0 Å². The summed E-state index contributed by atoms with van der Waals surface area (Å²) in [5, 5.41) is 6.71. The van der Waals surface area contributed by atoms with Crippen molar-refractivity contribution in [3.8, 4) is 12.3 Å². The first-order chi connectivity index (χ1) is 15.8. The molecule has 2 aliphatic heterocycles. The highest BCUT2D eigenvalue weighted by Crippen LogP contribution is 2.57. The second kappa shape index (κ2) is 7.91. The predicted octanol–water partition coefficient (Wildman–Crippen LogP) is 5.35. The van der Waals surface area contributed by atoms with E-state index >= 15 is 4.39 Å². The molecular weight excluding hydrogens is 462 g/mol. The molecule has 3 unspecified atom stereocenters. The summed E-state index contributed by atoms with van der Waals surface area (Å²) >= 11 is 12.5. The molecule has 0 radical (unpaired) electrons. The van der Waals surface area contributed by atoms with Crippen molar-refractivity contribution >= 4 is 40.7 Å². The zero-order chi connectivity index (χ0) is 23.3. The Hall–Kier alpha value is -3.33. The van der Waals surface area contributed by atoms with Crippen LogP contribution in [0.15, 0.2) is 60.7 Å². The van der Waals surface area contributed by atoms with E-state index in [1.165, 1.54) is 18.2 Å². The first kappa shape index (κ1) is 21.5. The Morgan fingerprint density at radius 2 is 1.82 bits per heavy atom. The Labute approximate surface area is 200 Å². The smallest absolute Gasteiger partial charge is 0.238 e. The summed E-state index contributed by atoms with van der Waals surface area (Å²) in [5.41, 5.74) is 1.08. The van der Waals surface area contributed by atoms with Crippen LogP contribution >= 0.6 is 23.2 Å². The summed E-state index contributed by atoms with van der Waals surface area (Å²) in [7, 11) is 0. The van der Waals surface area contributed by atoms with Gasteiger partial charge in [0.2, 0.25) is 11.8 Å². The maximum Gasteiger partial charge on any atom is 0.238 e. The number of rotatable bonds is 2. The van der Waals surface area contributed by atoms with E-state index in [1.807, 2.05) is 6.07 Å². The maximum absolute atomic E-state index is 15.2. The summed E-state index contributed by atoms with van der Waals surface area (Å²) in [6.45, 7) is 0. The zero-order valence-electron chi connectivity index (χ0n) is 17.2. The highest BCUT2D eigenvalue weighted by Gasteiger charge is 2.61. The largest absolute Gasteiger partial charge is 0.348 e. The van der Waals surface area contributed by atoms with E-state index in [2.05, 4.69) is 16.6 Å². The second-order valence-corrected chi connectivity index (χ2v) is 9.08. The number of hydrogen-bond donors (Lipinski definition) is 2. The van der Waals surface area contributed by atoms with Crippen LogP contribution in [0.5, 0.6) is 0 Å². The fraction of sp³-hybridized carbons (Fsp3) is 0.154. The van der Waals surface area contributed by atoms with Crippen molar-refractivity contribution in [1.29, 1.82) is 0 Å². The fourth-order valence-corrected chi connectivity index (χ4v) is 5.50. The van der Waals surface area contributed by atoms with E-state index in [0.29, 0.717) is 32.4 Å². The molecule has 2 N–H and O–H groups in total. The molecule has 1 saturated heterocycles. The normalized spacial score (nSPS) is 23.6. The van der Waals surface area contributed by atoms with Gasteiger partial charge in [0.15, 0.2) is 0 Å². The van der Waals surface area contributed by atoms with Crippen LogP contribution in [0.2, 0.25) is 10.0 Å². The minimum absolute atomic E-state index is 0.0166. The fourth-order valence-electron chi connectivity index (χ4n) is 5.12. The molecule has 5 rings (SSSR count). The molecule has 7 heteroatoms. The van der Waals surface area contributed by atoms with Crippen LogP contribution in [0.3, 0.4) is 0 Å². The number of benzene rings is 3. The lowest BCUT2D eigenvalue weighted by atomic mass is 9.59. The third kappa shape index (κ3) is 3.30. The van der Waals surface area contributed by atoms with Crippen molar-refractivity contribution in [2.24, 2.45) is 0 Å². The lowest BCUT2D eigenvalue weighted by molar-refractivity contribution is -0.131. The Bertz CT molecular complexity index is 1370. The van der Waals surface area contributed by atoms with Crippen molar-refractivity contribution in [3.05, 3.63) is 98.8 Å². The Morgan fingerprint density at radius 3 is 2.58 bits per heavy atom. The third-order valence-corrected chi connectivity index (χ3v) is 6.95. The number of halogens is 3. The van der Waals surface area contributed by atoms with Gasteiger partial charge in [-0.3, -0.25) is 9.59 Å². The third-order valence-electron chi connectivity index (χ3n) is 6.48. The lowest BCUT2D eigenvalue weighted by Crippen LogP contribution is -2.57. The van der Waals surface area contributed by atoms with Crippen LogP contribution in [0, 0.1) is 18.2 Å². The standard InChI is InChI=1S/C26H17Cl2FN2O2/c1-2-14-6-9-21(29)18(10-14)24-26(19-8-7-17(28)12-22(19)30-25(26)33)20(13-23(32)31-24)15-4-3-5-16(27)11-15/h1,3-12,20,24H,13H2,(H,30,33)(H,31,32). The molecule has 3 atom stereocenters. The topological polar surface area (TPSA) is 58.2 Å². The minimum Gasteiger partial charge on any atom is -0.348 e. The van der Waals surface area contributed by atoms with Gasteiger partial charge in [0.05, 0.1) is 6.04 Å². The monoisotopic (exact) mass is 478 g/mol. The van der Waals surface area contributed by atoms with E-state index in [9.17, 15) is 9.59 Å². The molecule has 0 aromatic heterocycles. The SMILES string of the molecule is C#Cc1ccc(F)c(C2NC(=O)CC(c3cccc(Cl)c3)C23C(=O)Nc2cc(Cl)ccc23)c1. The van der Waals surface area contributed by atoms with Gasteiger partial charge in [0.25, 0.3) is 0 Å². The molecule has 0 bridgehead atoms. The molecule has 2 heterocycles. The molecule has 33 heavy (non-hydrogen) atoms. The summed E-state index contributed by atoms with van der Waals surface area (Å²) in [5.74, 6) is 0.639. The van der Waals surface area contributed by atoms with Crippen LogP contribution in [0.1, 0.15) is 40.6 Å². The van der Waals surface area contributed by atoms with Gasteiger partial charge in [-0.25, -0.2) is 4.39 Å². The Balaban J connectivity index is 1.84. The highest BCUT2D eigenvalue weighted by atomic mass is 35.5. The number of fused-ring (bicyclic) bond motifs is 2. The number of carbonyl (C=O) groups excluding carboxylic acids is 2. The van der Waals surface area contributed by atoms with Crippen molar-refractivity contribution in [2.75, 3.05) is 5.32 Å². The highest BCUT2D eigenvalue weighted by molar-refractivity contribution is 6.31. The average Bonchev–Trinajstić information content (AvgIpc) is 3.07. The molecule has 3 aromatic rings. The van der Waals surface area contributed by atoms with Crippen LogP contribution in [-0.4, -0.2) is 11.8 Å². The maximum atomic E-state index is 15.2. The number of amides is 2. The van der Waals surface area contributed by atoms with E-state index in [-0.39, 0.29) is 23.8 Å². The molecule has 0 saturated carbocycles. The van der Waals surface area contributed by atoms with Crippen molar-refractivity contribution in [2.45, 2.75) is 23.8 Å². The molecule has 4 nitrogen and oxygen atoms in total. The lowest BCUT2D eigenvalue weighted by Gasteiger charge is -2.46. The first-order valence-electron chi connectivity index (χ1n) is 10.3. The molecule has 3 aromatic carbocycles. The molecular formula is C26H17Cl2FN2O2. The van der Waals surface area contributed by atoms with Gasteiger partial charge in [-0.05, 0) is 53.6 Å². The summed E-state index contributed by atoms with van der Waals surface area (Å²) in [6, 6.07) is 15.3. The van der Waals surface area contributed by atoms with E-state index in [0.717, 1.165) is 0 Å². The van der Waals surface area contributed by atoms with Gasteiger partial charge in [0.1, 0.15) is 11.2 Å². The van der Waals surface area contributed by atoms with E-state index in [1.54, 1.807) is 36.4 Å². The summed E-state index contributed by atoms with van der Waals surface area (Å²) < 4.78 is 15.2. The summed E-state index contributed by atoms with van der Waals surface area (Å²) in [4.78, 5) is 26.8. The predicted molar refractivity (Wildman–Crippen MR) is 126 cm³/mol. The molecule has 2 aliphatic rings. The average molecular weight is 479 g/mol. The molecule has 1 spiro atoms. The van der Waals surface area contributed by atoms with Gasteiger partial charge in [-0.15, -0.1) is 6.42 Å². The number of piperidine rings is 1. The van der Waals surface area contributed by atoms with Crippen LogP contribution < -0.4 is 10.6 Å². The summed E-state index contributed by atoms with van der Waals surface area (Å²) in [6.07, 6.45) is 5.57. The Morgan fingerprint density at radius 1 is 1.03 bits per heavy atom. The second-order valence-electron chi connectivity index (χ2n) is 8.21. The van der Waals surface area contributed by atoms with Gasteiger partial charge in [-0.2, -0.15) is 0 Å². The van der Waals surface area contributed by atoms with Gasteiger partial charge in [0, 0.05) is 39.2 Å². The quantitative estimate of drug-likeness (QED) is 0.487. The van der Waals surface area contributed by atoms with Crippen LogP contribution in [0.4, 0.5) is 10.1 Å². The zero-order valence-corrected chi connectivity index (χ0v) is 18.7. The number of hydrogen-bond acceptors (Lipinski definition) is 2. The van der Waals surface area contributed by atoms with E-state index < -0.39 is 23.2 Å². The van der Waals surface area contributed by atoms with Gasteiger partial charge < -0.3 is 10.6 Å². The van der Waals surface area contributed by atoms with Crippen LogP contribution in [-0.2, 0) is 15.0 Å². The van der Waals surface area contributed by atoms with Crippen LogP contribution in [0.25, 0.3) is 0 Å².